The van der Waals surface area contributed by atoms with E-state index < -0.39 is 0 Å². The van der Waals surface area contributed by atoms with Crippen LogP contribution in [0.3, 0.4) is 0 Å². The maximum absolute atomic E-state index is 12.2. The smallest absolute Gasteiger partial charge is 0.264 e. The Labute approximate surface area is 168 Å². The lowest BCUT2D eigenvalue weighted by atomic mass is 10.3. The SMILES string of the molecule is O=C1NC(=Nc2cccc(Cl)c2)S/C1=C\c1cc(Br)c(N2CCCC2)o1. The standard InChI is InChI=1S/C18H15BrClN3O2S/c19-14-9-13(25-17(14)23-6-1-2-7-23)10-15-16(24)22-18(26-15)21-12-5-3-4-11(20)8-12/h3-5,8-10H,1-2,6-7H2,(H,21,22,24)/b15-10-. The van der Waals surface area contributed by atoms with E-state index >= 15 is 0 Å². The lowest BCUT2D eigenvalue weighted by molar-refractivity contribution is -0.115. The summed E-state index contributed by atoms with van der Waals surface area (Å²) in [6.45, 7) is 1.99. The fourth-order valence-electron chi connectivity index (χ4n) is 2.86. The number of amidine groups is 1. The molecule has 8 heteroatoms. The molecule has 0 bridgehead atoms. The van der Waals surface area contributed by atoms with Gasteiger partial charge in [-0.15, -0.1) is 0 Å². The summed E-state index contributed by atoms with van der Waals surface area (Å²) in [7, 11) is 0. The van der Waals surface area contributed by atoms with Crippen molar-refractivity contribution in [3.63, 3.8) is 0 Å². The number of rotatable bonds is 3. The van der Waals surface area contributed by atoms with Crippen LogP contribution in [0.4, 0.5) is 11.6 Å². The van der Waals surface area contributed by atoms with Gasteiger partial charge in [0, 0.05) is 30.3 Å². The Hall–Kier alpha value is -1.70. The molecule has 2 aliphatic rings. The largest absolute Gasteiger partial charge is 0.440 e. The molecule has 3 heterocycles. The van der Waals surface area contributed by atoms with Gasteiger partial charge in [-0.25, -0.2) is 4.99 Å². The minimum absolute atomic E-state index is 0.189. The Morgan fingerprint density at radius 2 is 2.12 bits per heavy atom. The number of anilines is 1. The van der Waals surface area contributed by atoms with Gasteiger partial charge in [-0.3, -0.25) is 4.79 Å². The summed E-state index contributed by atoms with van der Waals surface area (Å²) in [6, 6.07) is 9.07. The van der Waals surface area contributed by atoms with E-state index in [0.29, 0.717) is 26.5 Å². The van der Waals surface area contributed by atoms with Gasteiger partial charge in [0.15, 0.2) is 5.17 Å². The number of hydrogen-bond donors (Lipinski definition) is 1. The summed E-state index contributed by atoms with van der Waals surface area (Å²) in [5, 5.41) is 3.89. The molecular weight excluding hydrogens is 438 g/mol. The Morgan fingerprint density at radius 3 is 2.88 bits per heavy atom. The van der Waals surface area contributed by atoms with E-state index in [9.17, 15) is 4.79 Å². The van der Waals surface area contributed by atoms with Crippen molar-refractivity contribution in [3.05, 3.63) is 50.5 Å². The predicted molar refractivity (Wildman–Crippen MR) is 110 cm³/mol. The van der Waals surface area contributed by atoms with Crippen molar-refractivity contribution in [2.24, 2.45) is 4.99 Å². The zero-order valence-electron chi connectivity index (χ0n) is 13.7. The maximum atomic E-state index is 12.2. The third kappa shape index (κ3) is 3.84. The van der Waals surface area contributed by atoms with Crippen LogP contribution < -0.4 is 10.2 Å². The molecule has 1 N–H and O–H groups in total. The molecule has 2 saturated heterocycles. The van der Waals surface area contributed by atoms with Gasteiger partial charge >= 0.3 is 0 Å². The van der Waals surface area contributed by atoms with Crippen molar-refractivity contribution < 1.29 is 9.21 Å². The molecule has 5 nitrogen and oxygen atoms in total. The van der Waals surface area contributed by atoms with Crippen molar-refractivity contribution in [1.82, 2.24) is 5.32 Å². The second-order valence-corrected chi connectivity index (χ2v) is 8.28. The quantitative estimate of drug-likeness (QED) is 0.651. The first-order chi connectivity index (χ1) is 12.6. The zero-order chi connectivity index (χ0) is 18.1. The summed E-state index contributed by atoms with van der Waals surface area (Å²) < 4.78 is 6.83. The van der Waals surface area contributed by atoms with Gasteiger partial charge in [0.2, 0.25) is 5.88 Å². The molecule has 0 unspecified atom stereocenters. The molecule has 2 aromatic rings. The number of carbonyl (C=O) groups excluding carboxylic acids is 1. The van der Waals surface area contributed by atoms with Crippen LogP contribution in [-0.2, 0) is 4.79 Å². The number of nitrogens with one attached hydrogen (secondary N) is 1. The number of benzene rings is 1. The molecule has 134 valence electrons. The van der Waals surface area contributed by atoms with Gasteiger partial charge < -0.3 is 14.6 Å². The summed E-state index contributed by atoms with van der Waals surface area (Å²) in [6.07, 6.45) is 4.08. The summed E-state index contributed by atoms with van der Waals surface area (Å²) in [5.41, 5.74) is 0.693. The highest BCUT2D eigenvalue weighted by molar-refractivity contribution is 9.10. The second kappa shape index (κ2) is 7.50. The number of hydrogen-bond acceptors (Lipinski definition) is 5. The molecule has 4 rings (SSSR count). The zero-order valence-corrected chi connectivity index (χ0v) is 16.8. The lowest BCUT2D eigenvalue weighted by Crippen LogP contribution is -2.19. The molecule has 1 aromatic heterocycles. The number of nitrogens with zero attached hydrogens (tertiary/aromatic N) is 2. The van der Waals surface area contributed by atoms with Crippen LogP contribution >= 0.6 is 39.3 Å². The molecular formula is C18H15BrClN3O2S. The average molecular weight is 453 g/mol. The number of furan rings is 1. The molecule has 1 amide bonds. The van der Waals surface area contributed by atoms with Crippen molar-refractivity contribution in [1.29, 1.82) is 0 Å². The Kier molecular flexibility index (Phi) is 5.11. The number of carbonyl (C=O) groups is 1. The number of thioether (sulfide) groups is 1. The Morgan fingerprint density at radius 1 is 1.31 bits per heavy atom. The maximum Gasteiger partial charge on any atom is 0.264 e. The van der Waals surface area contributed by atoms with Crippen LogP contribution in [0.5, 0.6) is 0 Å². The lowest BCUT2D eigenvalue weighted by Gasteiger charge is -2.13. The molecule has 0 aliphatic carbocycles. The molecule has 0 radical (unpaired) electrons. The fraction of sp³-hybridized carbons (Fsp3) is 0.222. The molecule has 1 aromatic carbocycles. The van der Waals surface area contributed by atoms with Gasteiger partial charge in [-0.2, -0.15) is 0 Å². The normalized spacial score (nSPS) is 20.4. The topological polar surface area (TPSA) is 57.8 Å². The minimum atomic E-state index is -0.189. The first-order valence-electron chi connectivity index (χ1n) is 8.18. The molecule has 26 heavy (non-hydrogen) atoms. The van der Waals surface area contributed by atoms with Crippen molar-refractivity contribution in [2.45, 2.75) is 12.8 Å². The van der Waals surface area contributed by atoms with E-state index in [1.807, 2.05) is 18.2 Å². The van der Waals surface area contributed by atoms with E-state index in [2.05, 4.69) is 31.1 Å². The van der Waals surface area contributed by atoms with Crippen molar-refractivity contribution in [3.8, 4) is 0 Å². The summed E-state index contributed by atoms with van der Waals surface area (Å²) >= 11 is 10.8. The minimum Gasteiger partial charge on any atom is -0.440 e. The van der Waals surface area contributed by atoms with Gasteiger partial charge in [0.25, 0.3) is 5.91 Å². The number of amides is 1. The van der Waals surface area contributed by atoms with Crippen molar-refractivity contribution in [2.75, 3.05) is 18.0 Å². The highest BCUT2D eigenvalue weighted by Crippen LogP contribution is 2.35. The summed E-state index contributed by atoms with van der Waals surface area (Å²) in [5.74, 6) is 1.28. The van der Waals surface area contributed by atoms with Gasteiger partial charge in [-0.1, -0.05) is 17.7 Å². The van der Waals surface area contributed by atoms with Crippen molar-refractivity contribution >= 4 is 68.0 Å². The van der Waals surface area contributed by atoms with E-state index in [1.165, 1.54) is 24.6 Å². The second-order valence-electron chi connectivity index (χ2n) is 5.96. The Balaban J connectivity index is 1.55. The average Bonchev–Trinajstić information content (AvgIpc) is 3.30. The van der Waals surface area contributed by atoms with E-state index in [0.717, 1.165) is 23.4 Å². The number of aliphatic imine (C=N–C) groups is 1. The van der Waals surface area contributed by atoms with E-state index in [-0.39, 0.29) is 5.91 Å². The van der Waals surface area contributed by atoms with Crippen LogP contribution in [0.2, 0.25) is 5.02 Å². The van der Waals surface area contributed by atoms with Crippen LogP contribution in [-0.4, -0.2) is 24.2 Å². The summed E-state index contributed by atoms with van der Waals surface area (Å²) in [4.78, 5) is 19.4. The van der Waals surface area contributed by atoms with Gasteiger partial charge in [0.1, 0.15) is 5.76 Å². The van der Waals surface area contributed by atoms with Gasteiger partial charge in [-0.05, 0) is 58.7 Å². The van der Waals surface area contributed by atoms with Crippen LogP contribution in [0.15, 0.2) is 49.1 Å². The third-order valence-corrected chi connectivity index (χ3v) is 5.76. The highest BCUT2D eigenvalue weighted by Gasteiger charge is 2.25. The van der Waals surface area contributed by atoms with Crippen LogP contribution in [0.25, 0.3) is 6.08 Å². The predicted octanol–water partition coefficient (Wildman–Crippen LogP) is 5.19. The molecule has 0 saturated carbocycles. The van der Waals surface area contributed by atoms with Crippen LogP contribution in [0.1, 0.15) is 18.6 Å². The van der Waals surface area contributed by atoms with E-state index in [1.54, 1.807) is 18.2 Å². The molecule has 2 aliphatic heterocycles. The Bertz CT molecular complexity index is 919. The fourth-order valence-corrected chi connectivity index (χ4v) is 4.42. The third-order valence-electron chi connectivity index (χ3n) is 4.04. The first kappa shape index (κ1) is 17.7. The molecule has 2 fully saturated rings. The van der Waals surface area contributed by atoms with E-state index in [4.69, 9.17) is 16.0 Å². The van der Waals surface area contributed by atoms with Crippen LogP contribution in [0, 0.1) is 0 Å². The monoisotopic (exact) mass is 451 g/mol. The van der Waals surface area contributed by atoms with Gasteiger partial charge in [0.05, 0.1) is 15.1 Å². The number of halogens is 2. The molecule has 0 spiro atoms. The first-order valence-corrected chi connectivity index (χ1v) is 10.2. The highest BCUT2D eigenvalue weighted by atomic mass is 79.9. The molecule has 0 atom stereocenters.